The van der Waals surface area contributed by atoms with Gasteiger partial charge in [0, 0.05) is 12.1 Å². The van der Waals surface area contributed by atoms with Gasteiger partial charge < -0.3 is 20.1 Å². The van der Waals surface area contributed by atoms with Crippen LogP contribution in [0, 0.1) is 5.92 Å². The van der Waals surface area contributed by atoms with Crippen LogP contribution in [0.4, 0.5) is 9.80 Å². The number of aromatic nitrogens is 1. The lowest BCUT2D eigenvalue weighted by atomic mass is 10.1. The van der Waals surface area contributed by atoms with Gasteiger partial charge in [0.2, 0.25) is 5.91 Å². The van der Waals surface area contributed by atoms with Gasteiger partial charge in [0.25, 0.3) is 0 Å². The minimum Gasteiger partial charge on any atom is -0.497 e. The Morgan fingerprint density at radius 3 is 2.68 bits per heavy atom. The van der Waals surface area contributed by atoms with Crippen LogP contribution in [0.15, 0.2) is 30.5 Å². The Balaban J connectivity index is 1.95. The predicted octanol–water partition coefficient (Wildman–Crippen LogP) is 4.31. The first kappa shape index (κ1) is 21.7. The van der Waals surface area contributed by atoms with Gasteiger partial charge in [-0.3, -0.25) is 4.79 Å². The van der Waals surface area contributed by atoms with E-state index >= 15 is 0 Å². The maximum atomic E-state index is 12.5. The highest BCUT2D eigenvalue weighted by molar-refractivity contribution is 7.19. The number of hydrogen-bond acceptors (Lipinski definition) is 6. The molecule has 0 saturated heterocycles. The monoisotopic (exact) mass is 405 g/mol. The van der Waals surface area contributed by atoms with Crippen molar-refractivity contribution in [2.24, 2.45) is 5.92 Å². The average Bonchev–Trinajstić information content (AvgIpc) is 3.09. The minimum atomic E-state index is -0.576. The molecule has 1 atom stereocenters. The van der Waals surface area contributed by atoms with Gasteiger partial charge in [-0.15, -0.1) is 0 Å². The Labute approximate surface area is 169 Å². The van der Waals surface area contributed by atoms with Gasteiger partial charge >= 0.3 is 6.09 Å². The van der Waals surface area contributed by atoms with Crippen LogP contribution in [0.25, 0.3) is 10.6 Å². The lowest BCUT2D eigenvalue weighted by molar-refractivity contribution is -0.119. The van der Waals surface area contributed by atoms with E-state index in [1.165, 1.54) is 11.3 Å². The van der Waals surface area contributed by atoms with E-state index in [2.05, 4.69) is 15.6 Å². The number of ether oxygens (including phenoxy) is 2. The van der Waals surface area contributed by atoms with Crippen molar-refractivity contribution >= 4 is 28.3 Å². The second kappa shape index (κ2) is 9.54. The molecule has 2 amide bonds. The van der Waals surface area contributed by atoms with Crippen LogP contribution >= 0.6 is 11.3 Å². The number of anilines is 1. The van der Waals surface area contributed by atoms with E-state index in [9.17, 15) is 9.59 Å². The third kappa shape index (κ3) is 6.53. The molecule has 1 aromatic heterocycles. The highest BCUT2D eigenvalue weighted by Gasteiger charge is 2.21. The molecular formula is C20H27N3O4S. The van der Waals surface area contributed by atoms with Crippen LogP contribution in [0.5, 0.6) is 5.75 Å². The quantitative estimate of drug-likeness (QED) is 0.716. The van der Waals surface area contributed by atoms with Crippen molar-refractivity contribution in [3.05, 3.63) is 30.5 Å². The molecule has 0 unspecified atom stereocenters. The maximum absolute atomic E-state index is 12.5. The number of rotatable bonds is 7. The fraction of sp³-hybridized carbons (Fsp3) is 0.450. The molecule has 28 heavy (non-hydrogen) atoms. The summed E-state index contributed by atoms with van der Waals surface area (Å²) >= 11 is 1.38. The van der Waals surface area contributed by atoms with Crippen LogP contribution in [0.2, 0.25) is 0 Å². The molecular weight excluding hydrogens is 378 g/mol. The van der Waals surface area contributed by atoms with Gasteiger partial charge in [0.15, 0.2) is 0 Å². The standard InChI is InChI=1S/C20H27N3O4S/c1-6-13(11-22-19(25)27-20(2,3)4)17(24)23-16-12-21-18(28-16)14-8-7-9-15(10-14)26-5/h7-10,12-13H,6,11H2,1-5H3,(H,22,25)(H,23,24)/t13-/m1/s1. The fourth-order valence-electron chi connectivity index (χ4n) is 2.39. The predicted molar refractivity (Wildman–Crippen MR) is 111 cm³/mol. The Kier molecular flexibility index (Phi) is 7.39. The lowest BCUT2D eigenvalue weighted by Gasteiger charge is -2.21. The van der Waals surface area contributed by atoms with Crippen LogP contribution in [0.3, 0.4) is 0 Å². The highest BCUT2D eigenvalue weighted by Crippen LogP contribution is 2.30. The fourth-order valence-corrected chi connectivity index (χ4v) is 3.20. The zero-order valence-corrected chi connectivity index (χ0v) is 17.7. The van der Waals surface area contributed by atoms with Gasteiger partial charge in [-0.05, 0) is 39.3 Å². The normalized spacial score (nSPS) is 12.2. The summed E-state index contributed by atoms with van der Waals surface area (Å²) in [6.07, 6.45) is 1.69. The summed E-state index contributed by atoms with van der Waals surface area (Å²) in [7, 11) is 1.61. The number of hydrogen-bond donors (Lipinski definition) is 2. The van der Waals surface area contributed by atoms with E-state index < -0.39 is 11.7 Å². The summed E-state index contributed by atoms with van der Waals surface area (Å²) in [5.74, 6) is 0.215. The summed E-state index contributed by atoms with van der Waals surface area (Å²) in [4.78, 5) is 28.7. The smallest absolute Gasteiger partial charge is 0.407 e. The Morgan fingerprint density at radius 1 is 1.29 bits per heavy atom. The molecule has 0 saturated carbocycles. The summed E-state index contributed by atoms with van der Waals surface area (Å²) in [5, 5.41) is 6.97. The molecule has 0 spiro atoms. The summed E-state index contributed by atoms with van der Waals surface area (Å²) in [6, 6.07) is 7.59. The van der Waals surface area contributed by atoms with Crippen molar-refractivity contribution < 1.29 is 19.1 Å². The van der Waals surface area contributed by atoms with Gasteiger partial charge in [-0.25, -0.2) is 9.78 Å². The average molecular weight is 406 g/mol. The van der Waals surface area contributed by atoms with E-state index in [-0.39, 0.29) is 18.4 Å². The largest absolute Gasteiger partial charge is 0.497 e. The van der Waals surface area contributed by atoms with E-state index in [0.29, 0.717) is 11.4 Å². The van der Waals surface area contributed by atoms with Crippen molar-refractivity contribution in [3.8, 4) is 16.3 Å². The molecule has 2 rings (SSSR count). The minimum absolute atomic E-state index is 0.167. The molecule has 2 aromatic rings. The zero-order valence-electron chi connectivity index (χ0n) is 16.9. The van der Waals surface area contributed by atoms with E-state index in [1.54, 1.807) is 34.1 Å². The summed E-state index contributed by atoms with van der Waals surface area (Å²) < 4.78 is 10.4. The topological polar surface area (TPSA) is 89.5 Å². The summed E-state index contributed by atoms with van der Waals surface area (Å²) in [5.41, 5.74) is 0.344. The molecule has 1 aromatic carbocycles. The number of nitrogens with one attached hydrogen (secondary N) is 2. The Bertz CT molecular complexity index is 814. The van der Waals surface area contributed by atoms with Gasteiger partial charge in [-0.2, -0.15) is 0 Å². The molecule has 0 aliphatic heterocycles. The molecule has 2 N–H and O–H groups in total. The number of carbonyl (C=O) groups is 2. The molecule has 152 valence electrons. The van der Waals surface area contributed by atoms with Crippen LogP contribution < -0.4 is 15.4 Å². The number of amides is 2. The number of alkyl carbamates (subject to hydrolysis) is 1. The third-order valence-corrected chi connectivity index (χ3v) is 4.79. The molecule has 1 heterocycles. The van der Waals surface area contributed by atoms with Crippen LogP contribution in [0.1, 0.15) is 34.1 Å². The van der Waals surface area contributed by atoms with Crippen LogP contribution in [-0.4, -0.2) is 36.2 Å². The number of nitrogens with zero attached hydrogens (tertiary/aromatic N) is 1. The van der Waals surface area contributed by atoms with Gasteiger partial charge in [0.05, 0.1) is 19.2 Å². The molecule has 0 radical (unpaired) electrons. The molecule has 0 aliphatic rings. The van der Waals surface area contributed by atoms with Gasteiger partial charge in [0.1, 0.15) is 21.4 Å². The molecule has 0 fully saturated rings. The second-order valence-electron chi connectivity index (χ2n) is 7.24. The van der Waals surface area contributed by atoms with Crippen molar-refractivity contribution in [2.45, 2.75) is 39.7 Å². The zero-order chi connectivity index (χ0) is 20.7. The van der Waals surface area contributed by atoms with Crippen molar-refractivity contribution in [2.75, 3.05) is 19.0 Å². The van der Waals surface area contributed by atoms with Crippen molar-refractivity contribution in [3.63, 3.8) is 0 Å². The van der Waals surface area contributed by atoms with E-state index in [1.807, 2.05) is 31.2 Å². The Morgan fingerprint density at radius 2 is 2.04 bits per heavy atom. The summed E-state index contributed by atoms with van der Waals surface area (Å²) in [6.45, 7) is 7.48. The number of carbonyl (C=O) groups excluding carboxylic acids is 2. The molecule has 0 aliphatic carbocycles. The number of methoxy groups -OCH3 is 1. The molecule has 7 nitrogen and oxygen atoms in total. The van der Waals surface area contributed by atoms with E-state index in [4.69, 9.17) is 9.47 Å². The maximum Gasteiger partial charge on any atom is 0.407 e. The molecule has 0 bridgehead atoms. The lowest BCUT2D eigenvalue weighted by Crippen LogP contribution is -2.38. The number of thiazole rings is 1. The first-order valence-electron chi connectivity index (χ1n) is 9.09. The van der Waals surface area contributed by atoms with Gasteiger partial charge in [-0.1, -0.05) is 30.4 Å². The van der Waals surface area contributed by atoms with Crippen molar-refractivity contribution in [1.29, 1.82) is 0 Å². The Hall–Kier alpha value is -2.61. The van der Waals surface area contributed by atoms with E-state index in [0.717, 1.165) is 16.3 Å². The van der Waals surface area contributed by atoms with Crippen LogP contribution in [-0.2, 0) is 9.53 Å². The number of benzene rings is 1. The second-order valence-corrected chi connectivity index (χ2v) is 8.27. The first-order valence-corrected chi connectivity index (χ1v) is 9.91. The highest BCUT2D eigenvalue weighted by atomic mass is 32.1. The third-order valence-electron chi connectivity index (χ3n) is 3.82. The SMILES string of the molecule is CC[C@H](CNC(=O)OC(C)(C)C)C(=O)Nc1cnc(-c2cccc(OC)c2)s1. The molecule has 8 heteroatoms. The first-order chi connectivity index (χ1) is 13.2. The van der Waals surface area contributed by atoms with Crippen molar-refractivity contribution in [1.82, 2.24) is 10.3 Å².